The topological polar surface area (TPSA) is 8.17 Å². The number of rotatable bonds is 6. The van der Waals surface area contributed by atoms with Crippen LogP contribution in [0.1, 0.15) is 158 Å². The minimum absolute atomic E-state index is 0.0166. The Hall–Kier alpha value is -7.16. The average Bonchev–Trinajstić information content (AvgIpc) is 3.89. The Bertz CT molecular complexity index is 4010. The summed E-state index contributed by atoms with van der Waals surface area (Å²) in [6.45, 7) is 42.1. The number of nitrogens with zero attached hydrogens (tertiary/aromatic N) is 2. The van der Waals surface area contributed by atoms with Gasteiger partial charge in [-0.15, -0.1) is 0 Å². The van der Waals surface area contributed by atoms with Crippen molar-refractivity contribution in [1.82, 2.24) is 4.57 Å². The molecule has 0 radical (unpaired) electrons. The van der Waals surface area contributed by atoms with Crippen molar-refractivity contribution < 1.29 is 0 Å². The highest BCUT2D eigenvalue weighted by Gasteiger charge is 2.28. The van der Waals surface area contributed by atoms with Crippen LogP contribution in [0.2, 0.25) is 0 Å². The van der Waals surface area contributed by atoms with E-state index in [1.54, 1.807) is 0 Å². The minimum Gasteiger partial charge on any atom is -0.310 e. The number of hydrogen-bond donors (Lipinski definition) is 0. The normalized spacial score (nSPS) is 13.3. The van der Waals surface area contributed by atoms with Gasteiger partial charge in [0.2, 0.25) is 0 Å². The van der Waals surface area contributed by atoms with Gasteiger partial charge in [0.15, 0.2) is 0 Å². The van der Waals surface area contributed by atoms with Gasteiger partial charge in [-0.1, -0.05) is 234 Å². The van der Waals surface area contributed by atoms with E-state index in [0.717, 1.165) is 17.1 Å². The molecule has 0 saturated carbocycles. The lowest BCUT2D eigenvalue weighted by Crippen LogP contribution is -2.18. The zero-order valence-electron chi connectivity index (χ0n) is 50.1. The average molecular weight is 1020 g/mol. The number of aromatic nitrogens is 1. The molecule has 78 heavy (non-hydrogen) atoms. The number of anilines is 3. The quantitative estimate of drug-likeness (QED) is 0.151. The van der Waals surface area contributed by atoms with E-state index in [1.807, 2.05) is 0 Å². The molecule has 11 aromatic rings. The van der Waals surface area contributed by atoms with E-state index >= 15 is 0 Å². The molecule has 0 spiro atoms. The summed E-state index contributed by atoms with van der Waals surface area (Å²) in [7, 11) is 0. The monoisotopic (exact) mass is 1020 g/mol. The first-order chi connectivity index (χ1) is 36.4. The van der Waals surface area contributed by atoms with Crippen LogP contribution in [0.25, 0.3) is 82.1 Å². The van der Waals surface area contributed by atoms with Crippen LogP contribution < -0.4 is 4.90 Å². The van der Waals surface area contributed by atoms with E-state index in [9.17, 15) is 0 Å². The Kier molecular flexibility index (Phi) is 12.3. The van der Waals surface area contributed by atoms with Gasteiger partial charge in [-0.3, -0.25) is 0 Å². The maximum atomic E-state index is 2.60. The van der Waals surface area contributed by atoms with Crippen molar-refractivity contribution in [3.05, 3.63) is 203 Å². The van der Waals surface area contributed by atoms with Crippen LogP contribution in [0.5, 0.6) is 0 Å². The van der Waals surface area contributed by atoms with Gasteiger partial charge in [0.25, 0.3) is 0 Å². The highest BCUT2D eigenvalue weighted by atomic mass is 15.1. The van der Waals surface area contributed by atoms with Gasteiger partial charge in [0, 0.05) is 32.9 Å². The van der Waals surface area contributed by atoms with Crippen molar-refractivity contribution in [2.75, 3.05) is 4.90 Å². The summed E-state index contributed by atoms with van der Waals surface area (Å²) >= 11 is 0. The van der Waals surface area contributed by atoms with Gasteiger partial charge in [-0.25, -0.2) is 0 Å². The molecule has 0 aliphatic rings. The Labute approximate surface area is 466 Å². The second-order valence-corrected chi connectivity index (χ2v) is 28.9. The maximum absolute atomic E-state index is 2.60. The highest BCUT2D eigenvalue weighted by molar-refractivity contribution is 6.27. The van der Waals surface area contributed by atoms with E-state index in [4.69, 9.17) is 0 Å². The number of hydrogen-bond acceptors (Lipinski definition) is 1. The van der Waals surface area contributed by atoms with E-state index in [1.165, 1.54) is 115 Å². The minimum atomic E-state index is -0.137. The Morgan fingerprint density at radius 3 is 1.13 bits per heavy atom. The summed E-state index contributed by atoms with van der Waals surface area (Å²) in [6.07, 6.45) is 0. The third-order valence-corrected chi connectivity index (χ3v) is 16.8. The van der Waals surface area contributed by atoms with Crippen molar-refractivity contribution in [2.24, 2.45) is 0 Å². The molecule has 0 aliphatic heterocycles. The van der Waals surface area contributed by atoms with Gasteiger partial charge in [0.1, 0.15) is 0 Å². The Balaban J connectivity index is 1.23. The molecule has 1 aromatic heterocycles. The van der Waals surface area contributed by atoms with E-state index in [-0.39, 0.29) is 32.5 Å². The molecule has 2 nitrogen and oxygen atoms in total. The fourth-order valence-electron chi connectivity index (χ4n) is 11.8. The Morgan fingerprint density at radius 2 is 0.667 bits per heavy atom. The smallest absolute Gasteiger partial charge is 0.0541 e. The number of fused-ring (bicyclic) bond motifs is 3. The lowest BCUT2D eigenvalue weighted by atomic mass is 9.78. The number of benzene rings is 10. The molecule has 10 aromatic carbocycles. The molecule has 0 bridgehead atoms. The third-order valence-electron chi connectivity index (χ3n) is 16.8. The molecule has 2 heteroatoms. The first-order valence-electron chi connectivity index (χ1n) is 28.6. The standard InChI is InChI=1S/C76H82N2/c1-71(2,3)53-28-34-67-63(45-53)64-46-54(72(4,5)6)29-35-68(64)78(67)66-33-27-49-24-30-61-65(32-26-48-25-31-62(66)70(49)69(48)61)77(59-40-51(47-22-20-19-21-23-47)38-57(43-59)75(13,14)15)60-41-52(39-58(44-60)76(16,17)18)50-36-55(73(7,8)9)42-56(37-50)74(10,11)12/h19-46H,1-18H3. The summed E-state index contributed by atoms with van der Waals surface area (Å²) in [4.78, 5) is 2.60. The first-order valence-corrected chi connectivity index (χ1v) is 28.6. The van der Waals surface area contributed by atoms with Crippen LogP contribution >= 0.6 is 0 Å². The molecular formula is C76H82N2. The fourth-order valence-corrected chi connectivity index (χ4v) is 11.8. The van der Waals surface area contributed by atoms with Crippen LogP contribution in [0, 0.1) is 0 Å². The molecule has 0 atom stereocenters. The van der Waals surface area contributed by atoms with Crippen molar-refractivity contribution >= 4 is 71.2 Å². The summed E-state index contributed by atoms with van der Waals surface area (Å²) in [6, 6.07) is 66.4. The van der Waals surface area contributed by atoms with Crippen LogP contribution in [0.4, 0.5) is 17.1 Å². The zero-order chi connectivity index (χ0) is 55.8. The second-order valence-electron chi connectivity index (χ2n) is 28.9. The van der Waals surface area contributed by atoms with Crippen molar-refractivity contribution in [3.8, 4) is 27.9 Å². The predicted octanol–water partition coefficient (Wildman–Crippen LogP) is 22.3. The van der Waals surface area contributed by atoms with Crippen molar-refractivity contribution in [2.45, 2.75) is 157 Å². The lowest BCUT2D eigenvalue weighted by Gasteiger charge is -2.32. The molecule has 0 fully saturated rings. The second kappa shape index (κ2) is 18.2. The predicted molar refractivity (Wildman–Crippen MR) is 342 cm³/mol. The maximum Gasteiger partial charge on any atom is 0.0541 e. The summed E-state index contributed by atoms with van der Waals surface area (Å²) in [5.41, 5.74) is 19.7. The molecule has 396 valence electrons. The molecule has 0 unspecified atom stereocenters. The lowest BCUT2D eigenvalue weighted by molar-refractivity contribution is 0.569. The summed E-state index contributed by atoms with van der Waals surface area (Å²) in [5.74, 6) is 0. The van der Waals surface area contributed by atoms with Gasteiger partial charge < -0.3 is 9.47 Å². The van der Waals surface area contributed by atoms with Crippen LogP contribution in [-0.4, -0.2) is 4.57 Å². The first kappa shape index (κ1) is 52.9. The fraction of sp³-hybridized carbons (Fsp3) is 0.316. The highest BCUT2D eigenvalue weighted by Crippen LogP contribution is 2.49. The van der Waals surface area contributed by atoms with E-state index in [2.05, 4.69) is 304 Å². The van der Waals surface area contributed by atoms with Crippen molar-refractivity contribution in [1.29, 1.82) is 0 Å². The largest absolute Gasteiger partial charge is 0.310 e. The van der Waals surface area contributed by atoms with Crippen LogP contribution in [-0.2, 0) is 32.5 Å². The molecular weight excluding hydrogens is 941 g/mol. The Morgan fingerprint density at radius 1 is 0.282 bits per heavy atom. The van der Waals surface area contributed by atoms with Gasteiger partial charge in [-0.2, -0.15) is 0 Å². The molecule has 0 saturated heterocycles. The van der Waals surface area contributed by atoms with Gasteiger partial charge in [-0.05, 0) is 170 Å². The van der Waals surface area contributed by atoms with E-state index in [0.29, 0.717) is 0 Å². The van der Waals surface area contributed by atoms with Crippen LogP contribution in [0.3, 0.4) is 0 Å². The van der Waals surface area contributed by atoms with Gasteiger partial charge >= 0.3 is 0 Å². The van der Waals surface area contributed by atoms with Crippen LogP contribution in [0.15, 0.2) is 170 Å². The van der Waals surface area contributed by atoms with Crippen molar-refractivity contribution in [3.63, 3.8) is 0 Å². The molecule has 0 aliphatic carbocycles. The summed E-state index contributed by atoms with van der Waals surface area (Å²) < 4.78 is 2.55. The third kappa shape index (κ3) is 9.48. The van der Waals surface area contributed by atoms with Gasteiger partial charge in [0.05, 0.1) is 22.4 Å². The SMILES string of the molecule is CC(C)(C)c1cc(-c2ccccc2)cc(N(c2cc(-c3cc(C(C)(C)C)cc(C(C)(C)C)c3)cc(C(C)(C)C)c2)c2ccc3ccc4c(-n5c6ccc(C(C)(C)C)cc6c6cc(C(C)(C)C)ccc65)ccc5ccc2c3c54)c1. The molecule has 1 heterocycles. The molecule has 0 N–H and O–H groups in total. The zero-order valence-corrected chi connectivity index (χ0v) is 50.1. The molecule has 11 rings (SSSR count). The summed E-state index contributed by atoms with van der Waals surface area (Å²) in [5, 5.41) is 10.1. The van der Waals surface area contributed by atoms with E-state index < -0.39 is 0 Å². The molecule has 0 amide bonds.